The summed E-state index contributed by atoms with van der Waals surface area (Å²) in [6.07, 6.45) is 4.02. The molecule has 0 spiro atoms. The molecule has 2 nitrogen and oxygen atoms in total. The Morgan fingerprint density at radius 1 is 1.71 bits per heavy atom. The molecule has 1 unspecified atom stereocenters. The third kappa shape index (κ3) is 1.33. The maximum atomic E-state index is 9.02. The SMILES string of the molecule is CS(N)(O)C1CC1. The third-order valence-electron chi connectivity index (χ3n) is 1.20. The molecule has 3 heteroatoms. The Balaban J connectivity index is 2.36. The van der Waals surface area contributed by atoms with Gasteiger partial charge in [0, 0.05) is 5.25 Å². The first-order valence-electron chi connectivity index (χ1n) is 2.38. The van der Waals surface area contributed by atoms with Crippen LogP contribution in [-0.4, -0.2) is 16.1 Å². The number of hydrogen-bond acceptors (Lipinski definition) is 2. The maximum Gasteiger partial charge on any atom is 0.0222 e. The molecule has 0 heterocycles. The van der Waals surface area contributed by atoms with Crippen LogP contribution in [0.5, 0.6) is 0 Å². The van der Waals surface area contributed by atoms with Crippen LogP contribution in [0.25, 0.3) is 0 Å². The summed E-state index contributed by atoms with van der Waals surface area (Å²) in [5, 5.41) is 5.84. The molecule has 0 aromatic rings. The maximum absolute atomic E-state index is 9.02. The van der Waals surface area contributed by atoms with Crippen LogP contribution >= 0.6 is 10.5 Å². The van der Waals surface area contributed by atoms with Gasteiger partial charge in [0.2, 0.25) is 0 Å². The predicted molar refractivity (Wildman–Crippen MR) is 33.4 cm³/mol. The molecule has 0 amide bonds. The van der Waals surface area contributed by atoms with Gasteiger partial charge >= 0.3 is 0 Å². The summed E-state index contributed by atoms with van der Waals surface area (Å²) >= 11 is 0. The van der Waals surface area contributed by atoms with Crippen LogP contribution in [-0.2, 0) is 0 Å². The van der Waals surface area contributed by atoms with E-state index in [0.717, 1.165) is 12.8 Å². The molecule has 0 aliphatic heterocycles. The minimum Gasteiger partial charge on any atom is -0.339 e. The van der Waals surface area contributed by atoms with E-state index in [0.29, 0.717) is 5.25 Å². The van der Waals surface area contributed by atoms with Gasteiger partial charge in [0.1, 0.15) is 0 Å². The van der Waals surface area contributed by atoms with Crippen molar-refractivity contribution in [3.8, 4) is 0 Å². The van der Waals surface area contributed by atoms with Gasteiger partial charge in [0.05, 0.1) is 0 Å². The average molecular weight is 121 g/mol. The van der Waals surface area contributed by atoms with Crippen molar-refractivity contribution >= 4 is 10.5 Å². The molecule has 1 saturated carbocycles. The molecule has 44 valence electrons. The van der Waals surface area contributed by atoms with Crippen LogP contribution in [0.2, 0.25) is 0 Å². The lowest BCUT2D eigenvalue weighted by molar-refractivity contribution is 0.631. The Hall–Kier alpha value is 0.270. The van der Waals surface area contributed by atoms with Gasteiger partial charge in [0.15, 0.2) is 0 Å². The number of hydrogen-bond donors (Lipinski definition) is 2. The molecule has 0 saturated heterocycles. The number of nitrogens with two attached hydrogens (primary N) is 1. The first kappa shape index (κ1) is 5.41. The summed E-state index contributed by atoms with van der Waals surface area (Å²) in [5.74, 6) is 0. The van der Waals surface area contributed by atoms with Gasteiger partial charge in [-0.3, -0.25) is 5.14 Å². The van der Waals surface area contributed by atoms with E-state index in [4.69, 9.17) is 9.69 Å². The molecule has 0 aromatic carbocycles. The van der Waals surface area contributed by atoms with E-state index in [1.54, 1.807) is 6.26 Å². The van der Waals surface area contributed by atoms with E-state index in [1.165, 1.54) is 0 Å². The van der Waals surface area contributed by atoms with Crippen molar-refractivity contribution in [1.82, 2.24) is 0 Å². The van der Waals surface area contributed by atoms with E-state index in [9.17, 15) is 0 Å². The Morgan fingerprint density at radius 3 is 2.14 bits per heavy atom. The Kier molecular flexibility index (Phi) is 1.06. The minimum absolute atomic E-state index is 0.465. The van der Waals surface area contributed by atoms with Crippen molar-refractivity contribution < 1.29 is 4.55 Å². The van der Waals surface area contributed by atoms with Crippen molar-refractivity contribution in [1.29, 1.82) is 0 Å². The zero-order valence-electron chi connectivity index (χ0n) is 4.42. The standard InChI is InChI=1S/C4H11NOS/c1-7(5,6)4-2-3-4/h4,6H,2-3,5H2,1H3. The zero-order chi connectivity index (χ0) is 5.49. The molecule has 3 N–H and O–H groups in total. The summed E-state index contributed by atoms with van der Waals surface area (Å²) in [5.41, 5.74) is 0. The first-order chi connectivity index (χ1) is 3.11. The topological polar surface area (TPSA) is 46.2 Å². The Bertz CT molecular complexity index is 74.2. The van der Waals surface area contributed by atoms with Gasteiger partial charge in [-0.05, 0) is 19.1 Å². The molecule has 1 fully saturated rings. The Morgan fingerprint density at radius 2 is 2.14 bits per heavy atom. The number of rotatable bonds is 1. The quantitative estimate of drug-likeness (QED) is 0.542. The lowest BCUT2D eigenvalue weighted by Gasteiger charge is -2.21. The molecular formula is C4H11NOS. The molecule has 0 radical (unpaired) electrons. The van der Waals surface area contributed by atoms with Gasteiger partial charge in [-0.1, -0.05) is 10.5 Å². The highest BCUT2D eigenvalue weighted by molar-refractivity contribution is 8.27. The largest absolute Gasteiger partial charge is 0.339 e. The van der Waals surface area contributed by atoms with Gasteiger partial charge in [-0.25, -0.2) is 0 Å². The van der Waals surface area contributed by atoms with Crippen molar-refractivity contribution in [3.05, 3.63) is 0 Å². The van der Waals surface area contributed by atoms with Crippen LogP contribution in [0.3, 0.4) is 0 Å². The molecule has 7 heavy (non-hydrogen) atoms. The van der Waals surface area contributed by atoms with Crippen molar-refractivity contribution in [2.24, 2.45) is 5.14 Å². The summed E-state index contributed by atoms with van der Waals surface area (Å²) in [7, 11) is -1.63. The minimum atomic E-state index is -1.63. The van der Waals surface area contributed by atoms with Gasteiger partial charge in [-0.2, -0.15) is 0 Å². The smallest absolute Gasteiger partial charge is 0.0222 e. The van der Waals surface area contributed by atoms with E-state index < -0.39 is 10.5 Å². The normalized spacial score (nSPS) is 34.1. The summed E-state index contributed by atoms with van der Waals surface area (Å²) in [4.78, 5) is 0. The van der Waals surface area contributed by atoms with Crippen molar-refractivity contribution in [2.75, 3.05) is 6.26 Å². The second-order valence-electron chi connectivity index (χ2n) is 2.20. The fourth-order valence-corrected chi connectivity index (χ4v) is 1.64. The zero-order valence-corrected chi connectivity index (χ0v) is 5.24. The van der Waals surface area contributed by atoms with Gasteiger partial charge in [0.25, 0.3) is 0 Å². The molecular weight excluding hydrogens is 110 g/mol. The second kappa shape index (κ2) is 1.37. The van der Waals surface area contributed by atoms with Gasteiger partial charge in [-0.15, -0.1) is 0 Å². The van der Waals surface area contributed by atoms with E-state index >= 15 is 0 Å². The van der Waals surface area contributed by atoms with Crippen molar-refractivity contribution in [2.45, 2.75) is 18.1 Å². The van der Waals surface area contributed by atoms with Crippen LogP contribution in [0, 0.1) is 0 Å². The predicted octanol–water partition coefficient (Wildman–Crippen LogP) is 0.930. The highest BCUT2D eigenvalue weighted by atomic mass is 32.3. The average Bonchev–Trinajstić information content (AvgIpc) is 1.99. The molecule has 1 rings (SSSR count). The monoisotopic (exact) mass is 121 g/mol. The van der Waals surface area contributed by atoms with Gasteiger partial charge < -0.3 is 4.55 Å². The molecule has 1 atom stereocenters. The fraction of sp³-hybridized carbons (Fsp3) is 1.00. The lowest BCUT2D eigenvalue weighted by Crippen LogP contribution is -2.11. The third-order valence-corrected chi connectivity index (χ3v) is 3.02. The van der Waals surface area contributed by atoms with Crippen molar-refractivity contribution in [3.63, 3.8) is 0 Å². The fourth-order valence-electron chi connectivity index (χ4n) is 0.545. The lowest BCUT2D eigenvalue weighted by atomic mass is 11.0. The highest BCUT2D eigenvalue weighted by Crippen LogP contribution is 2.49. The van der Waals surface area contributed by atoms with E-state index in [-0.39, 0.29) is 0 Å². The van der Waals surface area contributed by atoms with Crippen LogP contribution in [0.4, 0.5) is 0 Å². The Labute approximate surface area is 45.4 Å². The summed E-state index contributed by atoms with van der Waals surface area (Å²) < 4.78 is 9.02. The molecule has 0 bridgehead atoms. The highest BCUT2D eigenvalue weighted by Gasteiger charge is 2.32. The van der Waals surface area contributed by atoms with Crippen LogP contribution < -0.4 is 5.14 Å². The second-order valence-corrected chi connectivity index (χ2v) is 4.87. The first-order valence-corrected chi connectivity index (χ1v) is 4.50. The van der Waals surface area contributed by atoms with Crippen LogP contribution in [0.15, 0.2) is 0 Å². The van der Waals surface area contributed by atoms with Crippen LogP contribution in [0.1, 0.15) is 12.8 Å². The summed E-state index contributed by atoms with van der Waals surface area (Å²) in [6, 6.07) is 0. The molecule has 0 aromatic heterocycles. The van der Waals surface area contributed by atoms with E-state index in [1.807, 2.05) is 0 Å². The summed E-state index contributed by atoms with van der Waals surface area (Å²) in [6.45, 7) is 0. The van der Waals surface area contributed by atoms with E-state index in [2.05, 4.69) is 0 Å². The molecule has 1 aliphatic rings. The molecule has 1 aliphatic carbocycles.